The molecule has 3 aromatic heterocycles. The van der Waals surface area contributed by atoms with E-state index >= 15 is 0 Å². The number of fused-ring (bicyclic) bond motifs is 2. The minimum absolute atomic E-state index is 0.0276. The number of morpholine rings is 1. The number of rotatable bonds is 12. The van der Waals surface area contributed by atoms with Gasteiger partial charge in [-0.2, -0.15) is 4.99 Å². The quantitative estimate of drug-likeness (QED) is 0.0535. The van der Waals surface area contributed by atoms with Crippen molar-refractivity contribution in [3.63, 3.8) is 0 Å². The standard InChI is InChI=1S/C23H33BN11O14P3/c1-10-14-18(29-22(25)28-10)34(8-27-14)21-17(37)16(36)12(47-21)7-45-52(42,43)49-50(24,39)48-51(40,41)44-6-11-4-32(2)5-13(46-11)35-9-33(3)15-19(35)30-23(26)31-20(15)38/h8-9,11-13,16-17,21,36-37H,1,4-7H2,2-3H3,(H7-,25,26,28,29,30,31,38,40,41,42,43)/q-1/p+1/t11-,12?,13?,16+,17+,21+,50?/m0/s1. The number of likely N-dealkylation sites (N-methyl/N-ethyl adjacent to an activating group) is 1. The van der Waals surface area contributed by atoms with Crippen molar-refractivity contribution in [2.24, 2.45) is 17.8 Å². The summed E-state index contributed by atoms with van der Waals surface area (Å²) < 4.78 is 72.4. The smallest absolute Gasteiger partial charge is 0.442 e. The maximum Gasteiger partial charge on any atom is 0.476 e. The van der Waals surface area contributed by atoms with Crippen molar-refractivity contribution in [1.29, 1.82) is 0 Å². The molecule has 3 aromatic rings. The molecule has 283 valence electrons. The first-order valence-electron chi connectivity index (χ1n) is 15.0. The van der Waals surface area contributed by atoms with E-state index in [1.54, 1.807) is 29.9 Å². The Labute approximate surface area is 293 Å². The fraction of sp³-hybridized carbons (Fsp3) is 0.522. The van der Waals surface area contributed by atoms with E-state index in [9.17, 15) is 38.5 Å². The summed E-state index contributed by atoms with van der Waals surface area (Å²) in [5.41, 5.74) is 12.0. The van der Waals surface area contributed by atoms with Gasteiger partial charge in [-0.15, -0.1) is 0 Å². The summed E-state index contributed by atoms with van der Waals surface area (Å²) in [7, 11) is -7.52. The molecule has 6 rings (SSSR count). The summed E-state index contributed by atoms with van der Waals surface area (Å²) in [6, 6.07) is 0. The highest BCUT2D eigenvalue weighted by Gasteiger charge is 2.46. The Bertz CT molecular complexity index is 2130. The fourth-order valence-corrected chi connectivity index (χ4v) is 9.49. The molecule has 5 unspecified atom stereocenters. The Morgan fingerprint density at radius 2 is 1.77 bits per heavy atom. The molecule has 29 heteroatoms. The van der Waals surface area contributed by atoms with Crippen LogP contribution in [0, 0.1) is 0 Å². The number of aliphatic hydroxyl groups excluding tert-OH is 2. The molecule has 0 aliphatic carbocycles. The summed E-state index contributed by atoms with van der Waals surface area (Å²) in [6.45, 7) is 2.66. The van der Waals surface area contributed by atoms with Crippen LogP contribution < -0.4 is 26.9 Å². The van der Waals surface area contributed by atoms with Gasteiger partial charge in [-0.3, -0.25) is 32.9 Å². The van der Waals surface area contributed by atoms with Crippen molar-refractivity contribution in [2.75, 3.05) is 39.1 Å². The van der Waals surface area contributed by atoms with Gasteiger partial charge in [-0.25, -0.2) is 27.3 Å². The van der Waals surface area contributed by atoms with E-state index in [-0.39, 0.29) is 41.1 Å². The molecule has 3 aliphatic rings. The number of imidazole rings is 2. The number of nitrogen functional groups attached to an aromatic ring is 1. The first-order valence-corrected chi connectivity index (χ1v) is 19.6. The van der Waals surface area contributed by atoms with Gasteiger partial charge in [0.05, 0.1) is 52.4 Å². The number of nitrogens with zero attached hydrogens (tertiary/aromatic N) is 7. The number of aryl methyl sites for hydroxylation is 1. The molecule has 6 heterocycles. The fourth-order valence-electron chi connectivity index (χ4n) is 5.73. The second-order valence-corrected chi connectivity index (χ2v) is 16.7. The minimum atomic E-state index is -5.46. The molecule has 0 amide bonds. The van der Waals surface area contributed by atoms with Crippen LogP contribution in [-0.4, -0.2) is 120 Å². The highest BCUT2D eigenvalue weighted by atomic mass is 31.3. The SMILES string of the molecule is [B-]P(=O)(OP(=O)(O)OCC1O[C@@H](n2cnc3c2N=C(N)NC3=C)[C@H](O)[C@@H]1O)OP(=O)(O)OC[C@@H]1CN(C)CC([n+]2cn(C)c3c(=O)[nH]c(N)nc32)O1. The number of nitrogens with one attached hydrogen (secondary N) is 2. The number of aliphatic imine (C=N–C) groups is 1. The highest BCUT2D eigenvalue weighted by molar-refractivity contribution is 7.86. The summed E-state index contributed by atoms with van der Waals surface area (Å²) in [5, 5.41) is 23.8. The van der Waals surface area contributed by atoms with E-state index in [0.717, 1.165) is 0 Å². The third-order valence-electron chi connectivity index (χ3n) is 7.86. The average Bonchev–Trinajstić information content (AvgIpc) is 3.67. The number of phosphoric acid groups is 2. The highest BCUT2D eigenvalue weighted by Crippen LogP contribution is 2.67. The number of anilines is 1. The first kappa shape index (κ1) is 38.4. The van der Waals surface area contributed by atoms with E-state index < -0.39 is 78.8 Å². The average molecular weight is 792 g/mol. The number of hydrogen-bond acceptors (Lipinski definition) is 19. The van der Waals surface area contributed by atoms with Crippen molar-refractivity contribution in [3.05, 3.63) is 35.3 Å². The molecule has 3 aliphatic heterocycles. The molecule has 52 heavy (non-hydrogen) atoms. The molecule has 2 fully saturated rings. The van der Waals surface area contributed by atoms with Gasteiger partial charge in [0.1, 0.15) is 24.0 Å². The van der Waals surface area contributed by atoms with Gasteiger partial charge in [0, 0.05) is 6.54 Å². The monoisotopic (exact) mass is 792 g/mol. The predicted molar refractivity (Wildman–Crippen MR) is 176 cm³/mol. The Morgan fingerprint density at radius 1 is 1.10 bits per heavy atom. The van der Waals surface area contributed by atoms with E-state index in [0.29, 0.717) is 12.2 Å². The normalized spacial score (nSPS) is 28.8. The van der Waals surface area contributed by atoms with E-state index in [4.69, 9.17) is 37.6 Å². The zero-order valence-electron chi connectivity index (χ0n) is 27.2. The number of nitrogens with two attached hydrogens (primary N) is 2. The van der Waals surface area contributed by atoms with Gasteiger partial charge < -0.3 is 58.4 Å². The Hall–Kier alpha value is -3.32. The van der Waals surface area contributed by atoms with E-state index in [1.165, 1.54) is 15.5 Å². The number of aromatic amines is 1. The van der Waals surface area contributed by atoms with Crippen molar-refractivity contribution in [2.45, 2.75) is 36.9 Å². The lowest BCUT2D eigenvalue weighted by Gasteiger charge is -2.35. The minimum Gasteiger partial charge on any atom is -0.442 e. The van der Waals surface area contributed by atoms with E-state index in [1.807, 2.05) is 0 Å². The van der Waals surface area contributed by atoms with Crippen LogP contribution in [0.15, 0.2) is 29.0 Å². The third-order valence-corrected chi connectivity index (χ3v) is 12.3. The number of hydrogen-bond donors (Lipinski definition) is 8. The van der Waals surface area contributed by atoms with Crippen LogP contribution in [0.4, 0.5) is 11.8 Å². The number of ether oxygens (including phenoxy) is 2. The predicted octanol–water partition coefficient (Wildman–Crippen LogP) is -2.46. The van der Waals surface area contributed by atoms with Gasteiger partial charge in [-0.1, -0.05) is 11.6 Å². The molecular weight excluding hydrogens is 758 g/mol. The Morgan fingerprint density at radius 3 is 2.46 bits per heavy atom. The van der Waals surface area contributed by atoms with Gasteiger partial charge in [0.2, 0.25) is 5.52 Å². The molecule has 0 saturated carbocycles. The van der Waals surface area contributed by atoms with Crippen molar-refractivity contribution >= 4 is 65.3 Å². The van der Waals surface area contributed by atoms with Crippen LogP contribution in [0.5, 0.6) is 0 Å². The van der Waals surface area contributed by atoms with Crippen molar-refractivity contribution in [1.82, 2.24) is 34.3 Å². The molecular formula is C23H34BN11O14P3. The zero-order valence-corrected chi connectivity index (χ0v) is 29.9. The summed E-state index contributed by atoms with van der Waals surface area (Å²) in [5.74, 6) is -0.0163. The zero-order chi connectivity index (χ0) is 37.9. The molecule has 25 nitrogen and oxygen atoms in total. The number of aromatic nitrogens is 6. The van der Waals surface area contributed by atoms with Crippen LogP contribution in [0.3, 0.4) is 0 Å². The Kier molecular flexibility index (Phi) is 10.5. The van der Waals surface area contributed by atoms with Crippen molar-refractivity contribution in [3.8, 4) is 0 Å². The molecule has 9 atom stereocenters. The lowest BCUT2D eigenvalue weighted by molar-refractivity contribution is -0.747. The summed E-state index contributed by atoms with van der Waals surface area (Å²) in [6.07, 6.45) is -5.02. The van der Waals surface area contributed by atoms with E-state index in [2.05, 4.69) is 40.5 Å². The summed E-state index contributed by atoms with van der Waals surface area (Å²) in [4.78, 5) is 49.4. The number of guanidine groups is 1. The van der Waals surface area contributed by atoms with Gasteiger partial charge in [0.25, 0.3) is 11.5 Å². The third kappa shape index (κ3) is 8.10. The van der Waals surface area contributed by atoms with Gasteiger partial charge in [-0.05, 0) is 7.05 Å². The van der Waals surface area contributed by atoms with Crippen LogP contribution >= 0.6 is 23.1 Å². The lowest BCUT2D eigenvalue weighted by Crippen LogP contribution is -2.54. The molecule has 0 aromatic carbocycles. The topological polar surface area (TPSA) is 340 Å². The molecule has 2 saturated heterocycles. The molecule has 3 radical (unpaired) electrons. The Balaban J connectivity index is 1.03. The number of aliphatic hydroxyl groups is 2. The van der Waals surface area contributed by atoms with Crippen LogP contribution in [0.2, 0.25) is 0 Å². The maximum atomic E-state index is 12.7. The summed E-state index contributed by atoms with van der Waals surface area (Å²) >= 11 is 0. The van der Waals surface area contributed by atoms with Crippen LogP contribution in [-0.2, 0) is 47.9 Å². The van der Waals surface area contributed by atoms with Crippen molar-refractivity contribution < 1.29 is 65.4 Å². The maximum absolute atomic E-state index is 12.7. The largest absolute Gasteiger partial charge is 0.476 e. The van der Waals surface area contributed by atoms with Gasteiger partial charge in [0.15, 0.2) is 30.6 Å². The number of H-pyrrole nitrogens is 1. The second-order valence-electron chi connectivity index (χ2n) is 11.9. The first-order chi connectivity index (χ1) is 24.2. The molecule has 10 N–H and O–H groups in total. The molecule has 0 spiro atoms. The van der Waals surface area contributed by atoms with Crippen LogP contribution in [0.1, 0.15) is 18.1 Å². The van der Waals surface area contributed by atoms with Crippen LogP contribution in [0.25, 0.3) is 16.9 Å². The number of phosphoric ester groups is 2. The van der Waals surface area contributed by atoms with Gasteiger partial charge >= 0.3 is 21.3 Å². The second kappa shape index (κ2) is 14.2. The lowest BCUT2D eigenvalue weighted by atomic mass is 10.1. The molecule has 0 bridgehead atoms.